The van der Waals surface area contributed by atoms with Gasteiger partial charge >= 0.3 is 0 Å². The van der Waals surface area contributed by atoms with E-state index >= 15 is 0 Å². The van der Waals surface area contributed by atoms with E-state index in [2.05, 4.69) is 25.4 Å². The van der Waals surface area contributed by atoms with Crippen LogP contribution in [0.4, 0.5) is 10.1 Å². The van der Waals surface area contributed by atoms with E-state index in [0.717, 1.165) is 0 Å². The van der Waals surface area contributed by atoms with Gasteiger partial charge in [-0.3, -0.25) is 4.79 Å². The molecule has 0 aliphatic carbocycles. The number of nitrogens with zero attached hydrogens (tertiary/aromatic N) is 7. The molecule has 0 spiro atoms. The number of aliphatic hydroxyl groups excluding tert-OH is 1. The highest BCUT2D eigenvalue weighted by atomic mass is 19.1. The number of aliphatic imine (C=N–C) groups is 1. The molecule has 0 fully saturated rings. The van der Waals surface area contributed by atoms with Crippen LogP contribution in [-0.2, 0) is 29.0 Å². The number of ether oxygens (including phenoxy) is 2. The number of rotatable bonds is 14. The molecule has 12 nitrogen and oxygen atoms in total. The van der Waals surface area contributed by atoms with E-state index < -0.39 is 23.4 Å². The summed E-state index contributed by atoms with van der Waals surface area (Å²) >= 11 is 0. The van der Waals surface area contributed by atoms with Gasteiger partial charge in [-0.25, -0.2) is 9.38 Å². The number of carbonyl (C=O) groups excluding carboxylic acids is 1. The number of benzene rings is 4. The second-order valence-electron chi connectivity index (χ2n) is 10.7. The molecule has 2 N–H and O–H groups in total. The Balaban J connectivity index is 1.64. The molecule has 0 unspecified atom stereocenters. The van der Waals surface area contributed by atoms with Crippen LogP contribution in [0.15, 0.2) is 112 Å². The van der Waals surface area contributed by atoms with Crippen LogP contribution in [-0.4, -0.2) is 35.7 Å². The molecule has 1 heterocycles. The van der Waals surface area contributed by atoms with Crippen LogP contribution in [0, 0.1) is 5.82 Å². The van der Waals surface area contributed by atoms with Gasteiger partial charge in [0.05, 0.1) is 13.2 Å². The molecule has 0 radical (unpaired) electrons. The summed E-state index contributed by atoms with van der Waals surface area (Å²) in [6.07, 6.45) is -0.541. The summed E-state index contributed by atoms with van der Waals surface area (Å²) in [5.74, 6) is -0.108. The van der Waals surface area contributed by atoms with E-state index in [4.69, 9.17) is 25.1 Å². The van der Waals surface area contributed by atoms with Crippen LogP contribution in [0.1, 0.15) is 40.3 Å². The fourth-order valence-electron chi connectivity index (χ4n) is 5.34. The van der Waals surface area contributed by atoms with Crippen molar-refractivity contribution in [3.05, 3.63) is 152 Å². The molecule has 5 rings (SSSR count). The number of halogens is 1. The molecule has 47 heavy (non-hydrogen) atoms. The maximum Gasteiger partial charge on any atom is 0.252 e. The first-order chi connectivity index (χ1) is 23.0. The van der Waals surface area contributed by atoms with Crippen molar-refractivity contribution in [2.45, 2.75) is 37.6 Å². The maximum absolute atomic E-state index is 14.6. The summed E-state index contributed by atoms with van der Waals surface area (Å²) in [5, 5.41) is 19.7. The molecule has 0 saturated carbocycles. The molecule has 13 heteroatoms. The average molecular weight is 635 g/mol. The minimum atomic E-state index is -1.64. The summed E-state index contributed by atoms with van der Waals surface area (Å²) in [6.45, 7) is 0.444. The Kier molecular flexibility index (Phi) is 10.7. The zero-order chi connectivity index (χ0) is 33.1. The minimum Gasteiger partial charge on any atom is -0.494 e. The van der Waals surface area contributed by atoms with Gasteiger partial charge in [0.2, 0.25) is 5.90 Å². The number of hydrogen-bond donors (Lipinski definition) is 2. The standard InChI is InChI=1S/C34H31FN8O4/c35-27-14-10-23(11-15-27)21-38-33(45)34(20-25-6-2-4-9-30(25)41-43-37)31(29-8-3-1-7-26(29)22-39-42-36)47-32(40-34)24-12-16-28(17-13-24)46-19-5-18-44/h1-4,6-17,31,44H,5,18-22H2,(H,38,45)/t31-,34-/m1/s1. The summed E-state index contributed by atoms with van der Waals surface area (Å²) in [4.78, 5) is 25.5. The predicted octanol–water partition coefficient (Wildman–Crippen LogP) is 7.16. The second kappa shape index (κ2) is 15.4. The van der Waals surface area contributed by atoms with Crippen molar-refractivity contribution in [3.63, 3.8) is 0 Å². The number of hydrogen-bond acceptors (Lipinski definition) is 7. The van der Waals surface area contributed by atoms with Crippen LogP contribution in [0.25, 0.3) is 20.9 Å². The number of azide groups is 2. The third-order valence-corrected chi connectivity index (χ3v) is 7.64. The van der Waals surface area contributed by atoms with E-state index in [9.17, 15) is 14.7 Å². The van der Waals surface area contributed by atoms with Gasteiger partial charge in [0.1, 0.15) is 11.6 Å². The monoisotopic (exact) mass is 634 g/mol. The first-order valence-electron chi connectivity index (χ1n) is 14.8. The van der Waals surface area contributed by atoms with Gasteiger partial charge in [-0.05, 0) is 69.7 Å². The molecular weight excluding hydrogens is 603 g/mol. The van der Waals surface area contributed by atoms with Gasteiger partial charge in [-0.1, -0.05) is 70.9 Å². The first-order valence-corrected chi connectivity index (χ1v) is 14.8. The molecule has 0 aromatic heterocycles. The first kappa shape index (κ1) is 32.5. The summed E-state index contributed by atoms with van der Waals surface area (Å²) in [7, 11) is 0. The molecule has 1 aliphatic heterocycles. The maximum atomic E-state index is 14.6. The topological polar surface area (TPSA) is 178 Å². The molecule has 2 atom stereocenters. The molecule has 1 amide bonds. The van der Waals surface area contributed by atoms with E-state index in [1.165, 1.54) is 12.1 Å². The smallest absolute Gasteiger partial charge is 0.252 e. The highest BCUT2D eigenvalue weighted by Crippen LogP contribution is 2.45. The highest BCUT2D eigenvalue weighted by Gasteiger charge is 2.54. The zero-order valence-electron chi connectivity index (χ0n) is 25.2. The van der Waals surface area contributed by atoms with Crippen molar-refractivity contribution in [2.24, 2.45) is 15.2 Å². The Hall–Kier alpha value is -5.87. The molecule has 0 saturated heterocycles. The Morgan fingerprint density at radius 3 is 2.43 bits per heavy atom. The summed E-state index contributed by atoms with van der Waals surface area (Å²) in [5.41, 5.74) is 20.1. The highest BCUT2D eigenvalue weighted by molar-refractivity contribution is 6.01. The number of amides is 1. The Labute approximate surface area is 269 Å². The van der Waals surface area contributed by atoms with Crippen molar-refractivity contribution in [3.8, 4) is 5.75 Å². The molecule has 4 aromatic carbocycles. The predicted molar refractivity (Wildman–Crippen MR) is 173 cm³/mol. The van der Waals surface area contributed by atoms with Gasteiger partial charge in [0, 0.05) is 47.1 Å². The summed E-state index contributed by atoms with van der Waals surface area (Å²) < 4.78 is 25.9. The van der Waals surface area contributed by atoms with Crippen molar-refractivity contribution in [2.75, 3.05) is 13.2 Å². The minimum absolute atomic E-state index is 0.00430. The fourth-order valence-corrected chi connectivity index (χ4v) is 5.34. The van der Waals surface area contributed by atoms with Crippen LogP contribution < -0.4 is 10.1 Å². The van der Waals surface area contributed by atoms with Gasteiger partial charge < -0.3 is 19.9 Å². The Morgan fingerprint density at radius 2 is 1.70 bits per heavy atom. The average Bonchev–Trinajstić information content (AvgIpc) is 3.48. The number of nitrogens with one attached hydrogen (secondary N) is 1. The SMILES string of the molecule is [N-]=[N+]=NCc1ccccc1[C@H]1OC(c2ccc(OCCCO)cc2)=N[C@@]1(Cc1ccccc1N=[N+]=[N-])C(=O)NCc1ccc(F)cc1. The van der Waals surface area contributed by atoms with Crippen molar-refractivity contribution < 1.29 is 23.8 Å². The number of carbonyl (C=O) groups is 1. The molecular formula is C34H31FN8O4. The van der Waals surface area contributed by atoms with Gasteiger partial charge in [-0.2, -0.15) is 0 Å². The largest absolute Gasteiger partial charge is 0.494 e. The molecule has 238 valence electrons. The molecule has 4 aromatic rings. The third-order valence-electron chi connectivity index (χ3n) is 7.64. The van der Waals surface area contributed by atoms with Crippen molar-refractivity contribution in [1.82, 2.24) is 5.32 Å². The normalized spacial score (nSPS) is 16.6. The zero-order valence-corrected chi connectivity index (χ0v) is 25.2. The van der Waals surface area contributed by atoms with E-state index in [-0.39, 0.29) is 32.0 Å². The Morgan fingerprint density at radius 1 is 0.979 bits per heavy atom. The molecule has 0 bridgehead atoms. The number of aliphatic hydroxyl groups is 1. The third kappa shape index (κ3) is 7.69. The lowest BCUT2D eigenvalue weighted by molar-refractivity contribution is -0.129. The fraction of sp³-hybridized carbons (Fsp3) is 0.235. The quantitative estimate of drug-likeness (QED) is 0.0647. The second-order valence-corrected chi connectivity index (χ2v) is 10.7. The van der Waals surface area contributed by atoms with E-state index in [1.54, 1.807) is 84.9 Å². The lowest BCUT2D eigenvalue weighted by Crippen LogP contribution is -2.50. The van der Waals surface area contributed by atoms with Crippen LogP contribution in [0.5, 0.6) is 5.75 Å². The van der Waals surface area contributed by atoms with Gasteiger partial charge in [0.15, 0.2) is 11.6 Å². The lowest BCUT2D eigenvalue weighted by atomic mass is 9.80. The molecule has 1 aliphatic rings. The van der Waals surface area contributed by atoms with Gasteiger partial charge in [0.25, 0.3) is 5.91 Å². The Bertz CT molecular complexity index is 1840. The lowest BCUT2D eigenvalue weighted by Gasteiger charge is -2.32. The van der Waals surface area contributed by atoms with Gasteiger partial charge in [-0.15, -0.1) is 0 Å². The van der Waals surface area contributed by atoms with Crippen LogP contribution in [0.3, 0.4) is 0 Å². The van der Waals surface area contributed by atoms with Crippen LogP contribution in [0.2, 0.25) is 0 Å². The summed E-state index contributed by atoms with van der Waals surface area (Å²) in [6, 6.07) is 26.9. The van der Waals surface area contributed by atoms with E-state index in [1.807, 2.05) is 0 Å². The van der Waals surface area contributed by atoms with Crippen molar-refractivity contribution >= 4 is 17.5 Å². The van der Waals surface area contributed by atoms with E-state index in [0.29, 0.717) is 52.3 Å². The van der Waals surface area contributed by atoms with Crippen molar-refractivity contribution in [1.29, 1.82) is 0 Å². The van der Waals surface area contributed by atoms with Crippen LogP contribution >= 0.6 is 0 Å².